The number of nitrogens with zero attached hydrogens (tertiary/aromatic N) is 3. The maximum absolute atomic E-state index is 13.1. The van der Waals surface area contributed by atoms with Crippen molar-refractivity contribution in [3.63, 3.8) is 0 Å². The van der Waals surface area contributed by atoms with Crippen LogP contribution in [0.3, 0.4) is 0 Å². The minimum atomic E-state index is -0.452. The van der Waals surface area contributed by atoms with E-state index in [2.05, 4.69) is 0 Å². The van der Waals surface area contributed by atoms with Crippen LogP contribution in [0.15, 0.2) is 48.5 Å². The number of nitro groups is 1. The van der Waals surface area contributed by atoms with Crippen LogP contribution < -0.4 is 4.90 Å². The summed E-state index contributed by atoms with van der Waals surface area (Å²) in [4.78, 5) is 30.0. The minimum Gasteiger partial charge on any atom is -0.376 e. The molecule has 1 unspecified atom stereocenters. The number of para-hydroxylation sites is 1. The van der Waals surface area contributed by atoms with Crippen LogP contribution in [0.25, 0.3) is 16.3 Å². The number of carbonyl (C=O) groups is 1. The average Bonchev–Trinajstić information content (AvgIpc) is 3.40. The van der Waals surface area contributed by atoms with E-state index in [1.54, 1.807) is 23.1 Å². The van der Waals surface area contributed by atoms with Crippen molar-refractivity contribution in [3.05, 3.63) is 69.8 Å². The molecule has 7 nitrogen and oxygen atoms in total. The van der Waals surface area contributed by atoms with Gasteiger partial charge in [-0.25, -0.2) is 4.98 Å². The Morgan fingerprint density at radius 3 is 2.93 bits per heavy atom. The quantitative estimate of drug-likeness (QED) is 0.325. The van der Waals surface area contributed by atoms with Gasteiger partial charge in [0, 0.05) is 24.8 Å². The number of amides is 1. The van der Waals surface area contributed by atoms with Crippen molar-refractivity contribution in [3.8, 4) is 0 Å². The van der Waals surface area contributed by atoms with Gasteiger partial charge in [0.05, 0.1) is 27.8 Å². The van der Waals surface area contributed by atoms with Crippen LogP contribution in [-0.4, -0.2) is 35.1 Å². The van der Waals surface area contributed by atoms with Crippen LogP contribution in [-0.2, 0) is 9.53 Å². The second-order valence-electron chi connectivity index (χ2n) is 7.19. The van der Waals surface area contributed by atoms with Gasteiger partial charge < -0.3 is 4.74 Å². The summed E-state index contributed by atoms with van der Waals surface area (Å²) in [6, 6.07) is 12.2. The Morgan fingerprint density at radius 2 is 2.20 bits per heavy atom. The molecule has 8 heteroatoms. The Balaban J connectivity index is 1.62. The molecule has 2 heterocycles. The van der Waals surface area contributed by atoms with E-state index < -0.39 is 4.92 Å². The number of aryl methyl sites for hydroxylation is 1. The third-order valence-electron chi connectivity index (χ3n) is 5.02. The van der Waals surface area contributed by atoms with Crippen molar-refractivity contribution in [2.24, 2.45) is 0 Å². The summed E-state index contributed by atoms with van der Waals surface area (Å²) in [7, 11) is 0. The first kappa shape index (κ1) is 20.2. The number of nitro benzene ring substituents is 1. The molecule has 1 saturated heterocycles. The summed E-state index contributed by atoms with van der Waals surface area (Å²) in [5.41, 5.74) is 2.54. The van der Waals surface area contributed by atoms with Crippen LogP contribution in [0.4, 0.5) is 10.8 Å². The van der Waals surface area contributed by atoms with Crippen molar-refractivity contribution < 1.29 is 14.5 Å². The lowest BCUT2D eigenvalue weighted by Crippen LogP contribution is -2.36. The molecule has 1 aromatic heterocycles. The lowest BCUT2D eigenvalue weighted by molar-refractivity contribution is -0.384. The number of carbonyl (C=O) groups excluding carboxylic acids is 1. The van der Waals surface area contributed by atoms with E-state index in [-0.39, 0.29) is 17.7 Å². The molecule has 0 saturated carbocycles. The largest absolute Gasteiger partial charge is 0.376 e. The van der Waals surface area contributed by atoms with E-state index in [1.807, 2.05) is 25.1 Å². The lowest BCUT2D eigenvalue weighted by Gasteiger charge is -2.21. The minimum absolute atomic E-state index is 0.0116. The predicted octanol–water partition coefficient (Wildman–Crippen LogP) is 4.74. The van der Waals surface area contributed by atoms with E-state index in [9.17, 15) is 14.9 Å². The van der Waals surface area contributed by atoms with Gasteiger partial charge in [-0.05, 0) is 43.0 Å². The van der Waals surface area contributed by atoms with Gasteiger partial charge >= 0.3 is 0 Å². The zero-order valence-electron chi connectivity index (χ0n) is 16.5. The summed E-state index contributed by atoms with van der Waals surface area (Å²) in [5, 5.41) is 11.6. The number of anilines is 1. The molecule has 0 spiro atoms. The Morgan fingerprint density at radius 1 is 1.37 bits per heavy atom. The number of aromatic nitrogens is 1. The van der Waals surface area contributed by atoms with Gasteiger partial charge in [0.1, 0.15) is 0 Å². The maximum atomic E-state index is 13.1. The number of thiazole rings is 1. The van der Waals surface area contributed by atoms with E-state index in [4.69, 9.17) is 9.72 Å². The van der Waals surface area contributed by atoms with Gasteiger partial charge in [-0.2, -0.15) is 0 Å². The van der Waals surface area contributed by atoms with E-state index in [1.165, 1.54) is 29.5 Å². The molecule has 0 radical (unpaired) electrons. The molecule has 1 fully saturated rings. The molecule has 0 bridgehead atoms. The third-order valence-corrected chi connectivity index (χ3v) is 6.06. The first-order chi connectivity index (χ1) is 14.5. The lowest BCUT2D eigenvalue weighted by atomic mass is 10.2. The van der Waals surface area contributed by atoms with Gasteiger partial charge in [-0.1, -0.05) is 35.6 Å². The number of non-ortho nitro benzene ring substituents is 1. The molecule has 1 amide bonds. The maximum Gasteiger partial charge on any atom is 0.270 e. The summed E-state index contributed by atoms with van der Waals surface area (Å²) in [6.45, 7) is 3.13. The van der Waals surface area contributed by atoms with Gasteiger partial charge in [0.15, 0.2) is 5.13 Å². The van der Waals surface area contributed by atoms with E-state index in [0.29, 0.717) is 23.8 Å². The molecule has 154 valence electrons. The van der Waals surface area contributed by atoms with Crippen molar-refractivity contribution >= 4 is 44.4 Å². The number of rotatable bonds is 6. The Hall–Kier alpha value is -3.10. The van der Waals surface area contributed by atoms with E-state index in [0.717, 1.165) is 28.6 Å². The first-order valence-electron chi connectivity index (χ1n) is 9.73. The SMILES string of the molecule is Cc1cccc2sc(N(CC3CCCO3)C(=O)/C=C/c3cccc([N+](=O)[O-])c3)nc12. The number of fused-ring (bicyclic) bond motifs is 1. The topological polar surface area (TPSA) is 85.6 Å². The Bertz CT molecular complexity index is 1120. The molecule has 1 aliphatic heterocycles. The van der Waals surface area contributed by atoms with E-state index >= 15 is 0 Å². The number of hydrogen-bond acceptors (Lipinski definition) is 6. The van der Waals surface area contributed by atoms with Crippen molar-refractivity contribution in [1.82, 2.24) is 4.98 Å². The van der Waals surface area contributed by atoms with Crippen LogP contribution in [0.2, 0.25) is 0 Å². The summed E-state index contributed by atoms with van der Waals surface area (Å²) in [5.74, 6) is -0.228. The predicted molar refractivity (Wildman–Crippen MR) is 118 cm³/mol. The van der Waals surface area contributed by atoms with Crippen LogP contribution >= 0.6 is 11.3 Å². The van der Waals surface area contributed by atoms with Crippen molar-refractivity contribution in [2.45, 2.75) is 25.9 Å². The van der Waals surface area contributed by atoms with Crippen molar-refractivity contribution in [1.29, 1.82) is 0 Å². The number of benzene rings is 2. The van der Waals surface area contributed by atoms with Gasteiger partial charge in [-0.15, -0.1) is 0 Å². The highest BCUT2D eigenvalue weighted by Crippen LogP contribution is 2.31. The summed E-state index contributed by atoms with van der Waals surface area (Å²) >= 11 is 1.47. The third kappa shape index (κ3) is 4.39. The fraction of sp³-hybridized carbons (Fsp3) is 0.273. The molecule has 0 N–H and O–H groups in total. The molecule has 1 aliphatic rings. The Kier molecular flexibility index (Phi) is 5.87. The molecule has 4 rings (SSSR count). The molecular formula is C22H21N3O4S. The number of ether oxygens (including phenoxy) is 1. The highest BCUT2D eigenvalue weighted by atomic mass is 32.1. The van der Waals surface area contributed by atoms with Gasteiger partial charge in [-0.3, -0.25) is 19.8 Å². The highest BCUT2D eigenvalue weighted by molar-refractivity contribution is 7.22. The molecule has 30 heavy (non-hydrogen) atoms. The zero-order valence-corrected chi connectivity index (χ0v) is 17.3. The molecule has 1 atom stereocenters. The molecule has 0 aliphatic carbocycles. The average molecular weight is 423 g/mol. The van der Waals surface area contributed by atoms with Crippen LogP contribution in [0.1, 0.15) is 24.0 Å². The summed E-state index contributed by atoms with van der Waals surface area (Å²) in [6.07, 6.45) is 4.90. The Labute approximate surface area is 177 Å². The van der Waals surface area contributed by atoms with Crippen molar-refractivity contribution in [2.75, 3.05) is 18.1 Å². The molecule has 2 aromatic carbocycles. The van der Waals surface area contributed by atoms with Crippen LogP contribution in [0, 0.1) is 17.0 Å². The standard InChI is InChI=1S/C22H21N3O4S/c1-15-5-2-9-19-21(15)23-22(30-19)24(14-18-8-4-12-29-18)20(26)11-10-16-6-3-7-17(13-16)25(27)28/h2-3,5-7,9-11,13,18H,4,8,12,14H2,1H3/b11-10+. The van der Waals surface area contributed by atoms with Gasteiger partial charge in [0.25, 0.3) is 11.6 Å². The smallest absolute Gasteiger partial charge is 0.270 e. The normalized spacial score (nSPS) is 16.4. The molecular weight excluding hydrogens is 402 g/mol. The first-order valence-corrected chi connectivity index (χ1v) is 10.5. The zero-order chi connectivity index (χ0) is 21.1. The number of hydrogen-bond donors (Lipinski definition) is 0. The fourth-order valence-electron chi connectivity index (χ4n) is 3.44. The summed E-state index contributed by atoms with van der Waals surface area (Å²) < 4.78 is 6.77. The van der Waals surface area contributed by atoms with Crippen LogP contribution in [0.5, 0.6) is 0 Å². The fourth-order valence-corrected chi connectivity index (χ4v) is 4.50. The van der Waals surface area contributed by atoms with Gasteiger partial charge in [0.2, 0.25) is 0 Å². The highest BCUT2D eigenvalue weighted by Gasteiger charge is 2.25. The molecule has 3 aromatic rings. The second kappa shape index (κ2) is 8.73. The monoisotopic (exact) mass is 423 g/mol. The second-order valence-corrected chi connectivity index (χ2v) is 8.20.